The lowest BCUT2D eigenvalue weighted by molar-refractivity contribution is 0.562. The first kappa shape index (κ1) is 16.5. The van der Waals surface area contributed by atoms with Gasteiger partial charge in [0.15, 0.2) is 0 Å². The average Bonchev–Trinajstić information content (AvgIpc) is 3.10. The van der Waals surface area contributed by atoms with Gasteiger partial charge in [0.25, 0.3) is 5.56 Å². The molecule has 140 valence electrons. The molecule has 0 spiro atoms. The maximum absolute atomic E-state index is 14.1. The Morgan fingerprint density at radius 1 is 1.11 bits per heavy atom. The molecule has 0 saturated heterocycles. The van der Waals surface area contributed by atoms with Crippen LogP contribution in [0.3, 0.4) is 0 Å². The second-order valence-electron chi connectivity index (χ2n) is 6.71. The van der Waals surface area contributed by atoms with Crippen molar-refractivity contribution in [2.24, 2.45) is 7.05 Å². The van der Waals surface area contributed by atoms with E-state index in [1.807, 2.05) is 0 Å². The molecule has 0 amide bonds. The zero-order chi connectivity index (χ0) is 19.4. The number of aromatic amines is 1. The summed E-state index contributed by atoms with van der Waals surface area (Å²) in [6.45, 7) is 0. The summed E-state index contributed by atoms with van der Waals surface area (Å²) in [5.41, 5.74) is 1.30. The molecule has 4 aromatic rings. The van der Waals surface area contributed by atoms with Crippen molar-refractivity contribution < 1.29 is 8.78 Å². The van der Waals surface area contributed by atoms with E-state index in [9.17, 15) is 13.6 Å². The minimum absolute atomic E-state index is 0.206. The lowest BCUT2D eigenvalue weighted by atomic mass is 9.83. The molecule has 1 aliphatic heterocycles. The fourth-order valence-corrected chi connectivity index (χ4v) is 3.84. The number of nitrogens with one attached hydrogen (secondary N) is 2. The molecule has 9 heteroatoms. The number of benzene rings is 2. The topological polar surface area (TPSA) is 88.5 Å². The summed E-state index contributed by atoms with van der Waals surface area (Å²) in [6.07, 6.45) is 1.43. The summed E-state index contributed by atoms with van der Waals surface area (Å²) in [5.74, 6) is -0.716. The van der Waals surface area contributed by atoms with Crippen LogP contribution in [0.4, 0.5) is 14.5 Å². The van der Waals surface area contributed by atoms with Gasteiger partial charge in [-0.25, -0.2) is 18.9 Å². The molecule has 3 heterocycles. The highest BCUT2D eigenvalue weighted by Crippen LogP contribution is 2.45. The van der Waals surface area contributed by atoms with Gasteiger partial charge in [-0.15, -0.1) is 0 Å². The van der Waals surface area contributed by atoms with Crippen molar-refractivity contribution in [3.8, 4) is 0 Å². The fraction of sp³-hybridized carbons (Fsp3) is 0.158. The summed E-state index contributed by atoms with van der Waals surface area (Å²) >= 11 is 0. The third-order valence-electron chi connectivity index (χ3n) is 5.07. The zero-order valence-electron chi connectivity index (χ0n) is 14.6. The van der Waals surface area contributed by atoms with Crippen LogP contribution in [-0.2, 0) is 7.05 Å². The molecule has 5 rings (SSSR count). The molecule has 0 saturated carbocycles. The molecule has 1 aliphatic rings. The predicted octanol–water partition coefficient (Wildman–Crippen LogP) is 2.63. The predicted molar refractivity (Wildman–Crippen MR) is 97.9 cm³/mol. The van der Waals surface area contributed by atoms with Crippen LogP contribution in [-0.4, -0.2) is 25.0 Å². The largest absolute Gasteiger partial charge is 0.376 e. The number of nitrogens with zero attached hydrogens (tertiary/aromatic N) is 4. The molecular weight excluding hydrogens is 366 g/mol. The molecular formula is C19H14F2N6O. The molecule has 2 aromatic carbocycles. The first-order valence-corrected chi connectivity index (χ1v) is 8.60. The maximum Gasteiger partial charge on any atom is 0.272 e. The van der Waals surface area contributed by atoms with Crippen LogP contribution >= 0.6 is 0 Å². The molecule has 28 heavy (non-hydrogen) atoms. The Labute approximate surface area is 157 Å². The van der Waals surface area contributed by atoms with Crippen molar-refractivity contribution in [1.82, 2.24) is 25.0 Å². The summed E-state index contributed by atoms with van der Waals surface area (Å²) < 4.78 is 29.2. The normalized spacial score (nSPS) is 18.2. The van der Waals surface area contributed by atoms with E-state index >= 15 is 0 Å². The third kappa shape index (κ3) is 2.39. The molecule has 0 fully saturated rings. The third-order valence-corrected chi connectivity index (χ3v) is 5.07. The molecule has 0 aliphatic carbocycles. The zero-order valence-corrected chi connectivity index (χ0v) is 14.6. The van der Waals surface area contributed by atoms with Crippen molar-refractivity contribution in [3.63, 3.8) is 0 Å². The van der Waals surface area contributed by atoms with Gasteiger partial charge >= 0.3 is 0 Å². The lowest BCUT2D eigenvalue weighted by Gasteiger charge is -2.33. The van der Waals surface area contributed by atoms with E-state index in [4.69, 9.17) is 0 Å². The Bertz CT molecular complexity index is 1260. The van der Waals surface area contributed by atoms with E-state index in [0.717, 1.165) is 5.56 Å². The van der Waals surface area contributed by atoms with Gasteiger partial charge in [0.1, 0.15) is 23.8 Å². The second-order valence-corrected chi connectivity index (χ2v) is 6.71. The minimum atomic E-state index is -0.535. The van der Waals surface area contributed by atoms with E-state index in [0.29, 0.717) is 22.6 Å². The van der Waals surface area contributed by atoms with E-state index in [-0.39, 0.29) is 11.2 Å². The fourth-order valence-electron chi connectivity index (χ4n) is 3.84. The number of hydrogen-bond acceptors (Lipinski definition) is 5. The number of rotatable bonds is 2. The van der Waals surface area contributed by atoms with E-state index in [1.54, 1.807) is 23.9 Å². The molecule has 0 bridgehead atoms. The molecule has 7 nitrogen and oxygen atoms in total. The van der Waals surface area contributed by atoms with Crippen LogP contribution in [0.1, 0.15) is 29.0 Å². The Kier molecular flexibility index (Phi) is 3.51. The number of aryl methyl sites for hydroxylation is 1. The Balaban J connectivity index is 1.82. The van der Waals surface area contributed by atoms with Gasteiger partial charge < -0.3 is 5.32 Å². The standard InChI is InChI=1S/C19H14F2N6O/c1-27-18(22-8-23-27)15-16(9-2-4-10(20)5-3-9)24-13-7-11(21)6-12-14(13)17(15)25-26-19(12)28/h2-8,15-16,24H,1H3,(H,26,28)/t15?,16-/m1/s1. The van der Waals surface area contributed by atoms with Crippen molar-refractivity contribution in [2.45, 2.75) is 12.0 Å². The van der Waals surface area contributed by atoms with Crippen LogP contribution < -0.4 is 10.9 Å². The van der Waals surface area contributed by atoms with Crippen LogP contribution in [0.2, 0.25) is 0 Å². The highest BCUT2D eigenvalue weighted by Gasteiger charge is 2.37. The molecule has 2 aromatic heterocycles. The average molecular weight is 380 g/mol. The number of aromatic nitrogens is 5. The minimum Gasteiger partial charge on any atom is -0.376 e. The van der Waals surface area contributed by atoms with Gasteiger partial charge in [-0.05, 0) is 29.8 Å². The first-order chi connectivity index (χ1) is 13.5. The highest BCUT2D eigenvalue weighted by atomic mass is 19.1. The van der Waals surface area contributed by atoms with Crippen LogP contribution in [0, 0.1) is 11.6 Å². The molecule has 1 unspecified atom stereocenters. The quantitative estimate of drug-likeness (QED) is 0.558. The number of anilines is 1. The second kappa shape index (κ2) is 5.95. The molecule has 0 radical (unpaired) electrons. The van der Waals surface area contributed by atoms with Gasteiger partial charge in [0.05, 0.1) is 23.0 Å². The summed E-state index contributed by atoms with van der Waals surface area (Å²) in [5, 5.41) is 14.9. The first-order valence-electron chi connectivity index (χ1n) is 8.60. The summed E-state index contributed by atoms with van der Waals surface area (Å²) in [4.78, 5) is 16.6. The van der Waals surface area contributed by atoms with Crippen molar-refractivity contribution in [2.75, 3.05) is 5.32 Å². The molecule has 2 N–H and O–H groups in total. The maximum atomic E-state index is 14.1. The SMILES string of the molecule is Cn1ncnc1C1c2n[nH]c(=O)c3cc(F)cc(c23)N[C@@H]1c1ccc(F)cc1. The lowest BCUT2D eigenvalue weighted by Crippen LogP contribution is -2.30. The number of H-pyrrole nitrogens is 1. The van der Waals surface area contributed by atoms with Gasteiger partial charge in [-0.2, -0.15) is 10.2 Å². The van der Waals surface area contributed by atoms with Crippen LogP contribution in [0.25, 0.3) is 10.8 Å². The van der Waals surface area contributed by atoms with Crippen molar-refractivity contribution in [3.05, 3.63) is 81.8 Å². The van der Waals surface area contributed by atoms with E-state index in [1.165, 1.54) is 30.6 Å². The Morgan fingerprint density at radius 2 is 1.89 bits per heavy atom. The Hall–Kier alpha value is -3.62. The summed E-state index contributed by atoms with van der Waals surface area (Å²) in [7, 11) is 1.76. The van der Waals surface area contributed by atoms with Gasteiger partial charge in [0, 0.05) is 18.1 Å². The smallest absolute Gasteiger partial charge is 0.272 e. The monoisotopic (exact) mass is 380 g/mol. The van der Waals surface area contributed by atoms with Crippen LogP contribution in [0.15, 0.2) is 47.5 Å². The van der Waals surface area contributed by atoms with Gasteiger partial charge in [-0.1, -0.05) is 12.1 Å². The number of halogens is 2. The highest BCUT2D eigenvalue weighted by molar-refractivity contribution is 5.97. The van der Waals surface area contributed by atoms with Gasteiger partial charge in [-0.3, -0.25) is 9.48 Å². The molecule has 2 atom stereocenters. The Morgan fingerprint density at radius 3 is 2.61 bits per heavy atom. The van der Waals surface area contributed by atoms with Crippen molar-refractivity contribution >= 4 is 16.5 Å². The van der Waals surface area contributed by atoms with Crippen LogP contribution in [0.5, 0.6) is 0 Å². The summed E-state index contributed by atoms with van der Waals surface area (Å²) in [6, 6.07) is 8.14. The van der Waals surface area contributed by atoms with E-state index in [2.05, 4.69) is 25.6 Å². The number of hydrogen-bond donors (Lipinski definition) is 2. The van der Waals surface area contributed by atoms with E-state index < -0.39 is 23.3 Å². The van der Waals surface area contributed by atoms with Crippen molar-refractivity contribution in [1.29, 1.82) is 0 Å². The van der Waals surface area contributed by atoms with Gasteiger partial charge in [0.2, 0.25) is 0 Å².